The summed E-state index contributed by atoms with van der Waals surface area (Å²) in [6.45, 7) is 7.30. The van der Waals surface area contributed by atoms with E-state index in [1.54, 1.807) is 0 Å². The van der Waals surface area contributed by atoms with Crippen LogP contribution in [0.5, 0.6) is 0 Å². The highest BCUT2D eigenvalue weighted by molar-refractivity contribution is 14.0. The number of carbonyl (C=O) groups excluding carboxylic acids is 1. The zero-order valence-electron chi connectivity index (χ0n) is 16.8. The predicted molar refractivity (Wildman–Crippen MR) is 125 cm³/mol. The Bertz CT molecular complexity index is 662. The van der Waals surface area contributed by atoms with E-state index in [-0.39, 0.29) is 35.8 Å². The van der Waals surface area contributed by atoms with Crippen LogP contribution in [0.2, 0.25) is 0 Å². The van der Waals surface area contributed by atoms with Crippen LogP contribution in [0, 0.1) is 11.8 Å². The molecule has 156 valence electrons. The number of likely N-dealkylation sites (tertiary alicyclic amines) is 1. The van der Waals surface area contributed by atoms with Crippen molar-refractivity contribution in [1.82, 2.24) is 15.5 Å². The first-order chi connectivity index (χ1) is 13.1. The molecule has 2 aliphatic rings. The molecule has 28 heavy (non-hydrogen) atoms. The number of carbonyl (C=O) groups is 1. The van der Waals surface area contributed by atoms with Gasteiger partial charge in [-0.2, -0.15) is 0 Å². The third kappa shape index (κ3) is 7.58. The third-order valence-corrected chi connectivity index (χ3v) is 5.32. The molecule has 1 saturated carbocycles. The van der Waals surface area contributed by atoms with Crippen LogP contribution in [-0.4, -0.2) is 42.9 Å². The number of guanidine groups is 1. The summed E-state index contributed by atoms with van der Waals surface area (Å²) in [7, 11) is 0. The lowest BCUT2D eigenvalue weighted by Crippen LogP contribution is -2.40. The van der Waals surface area contributed by atoms with Gasteiger partial charge in [0.05, 0.1) is 12.5 Å². The van der Waals surface area contributed by atoms with Crippen molar-refractivity contribution >= 4 is 35.8 Å². The van der Waals surface area contributed by atoms with Gasteiger partial charge in [0.2, 0.25) is 5.91 Å². The monoisotopic (exact) mass is 499 g/mol. The van der Waals surface area contributed by atoms with Gasteiger partial charge in [-0.15, -0.1) is 24.0 Å². The minimum Gasteiger partial charge on any atom is -0.369 e. The van der Waals surface area contributed by atoms with Crippen LogP contribution in [0.1, 0.15) is 43.7 Å². The molecule has 1 atom stereocenters. The molecule has 7 heteroatoms. The van der Waals surface area contributed by atoms with E-state index in [0.717, 1.165) is 57.4 Å². The Kier molecular flexibility index (Phi) is 9.50. The van der Waals surface area contributed by atoms with Gasteiger partial charge < -0.3 is 16.4 Å². The summed E-state index contributed by atoms with van der Waals surface area (Å²) < 4.78 is 0. The summed E-state index contributed by atoms with van der Waals surface area (Å²) in [5.41, 5.74) is 7.97. The molecule has 6 nitrogen and oxygen atoms in total. The maximum absolute atomic E-state index is 11.5. The van der Waals surface area contributed by atoms with Crippen molar-refractivity contribution in [3.05, 3.63) is 35.4 Å². The highest BCUT2D eigenvalue weighted by atomic mass is 127. The largest absolute Gasteiger partial charge is 0.369 e. The van der Waals surface area contributed by atoms with Gasteiger partial charge in [-0.1, -0.05) is 24.3 Å². The molecule has 1 aliphatic carbocycles. The van der Waals surface area contributed by atoms with Crippen molar-refractivity contribution < 1.29 is 4.79 Å². The van der Waals surface area contributed by atoms with Crippen molar-refractivity contribution in [3.8, 4) is 0 Å². The lowest BCUT2D eigenvalue weighted by Gasteiger charge is -2.31. The number of hydrogen-bond donors (Lipinski definition) is 3. The highest BCUT2D eigenvalue weighted by Crippen LogP contribution is 2.27. The second-order valence-corrected chi connectivity index (χ2v) is 7.82. The van der Waals surface area contributed by atoms with Crippen molar-refractivity contribution in [3.63, 3.8) is 0 Å². The number of halogens is 1. The van der Waals surface area contributed by atoms with E-state index >= 15 is 0 Å². The van der Waals surface area contributed by atoms with E-state index in [1.807, 2.05) is 0 Å². The average Bonchev–Trinajstić information content (AvgIpc) is 3.49. The molecule has 1 aromatic rings. The number of aliphatic imine (C=N–C) groups is 1. The molecule has 1 amide bonds. The molecule has 0 bridgehead atoms. The highest BCUT2D eigenvalue weighted by Gasteiger charge is 2.24. The van der Waals surface area contributed by atoms with Crippen molar-refractivity contribution in [2.75, 3.05) is 26.2 Å². The third-order valence-electron chi connectivity index (χ3n) is 5.32. The average molecular weight is 499 g/mol. The molecular weight excluding hydrogens is 465 g/mol. The lowest BCUT2D eigenvalue weighted by molar-refractivity contribution is -0.123. The predicted octanol–water partition coefficient (Wildman–Crippen LogP) is 2.47. The first-order valence-electron chi connectivity index (χ1n) is 10.3. The Labute approximate surface area is 185 Å². The molecular formula is C21H34IN5O. The maximum atomic E-state index is 11.5. The Hall–Kier alpha value is -1.35. The Morgan fingerprint density at radius 2 is 2.04 bits per heavy atom. The number of nitrogens with two attached hydrogens (primary N) is 1. The van der Waals surface area contributed by atoms with E-state index in [1.165, 1.54) is 24.0 Å². The molecule has 0 aromatic heterocycles. The second-order valence-electron chi connectivity index (χ2n) is 7.82. The van der Waals surface area contributed by atoms with Gasteiger partial charge >= 0.3 is 0 Å². The van der Waals surface area contributed by atoms with Gasteiger partial charge in [0.1, 0.15) is 0 Å². The normalized spacial score (nSPS) is 20.3. The number of rotatable bonds is 8. The standard InChI is InChI=1S/C21H33N5O.HI/c1-2-23-21(24-12-16-8-9-16)25-13-17-5-3-6-18(11-17)14-26-10-4-7-19(15-26)20(22)27;/h3,5-6,11,16,19H,2,4,7-10,12-15H2,1H3,(H2,22,27)(H2,23,24,25);1H. The van der Waals surface area contributed by atoms with Gasteiger partial charge in [0.15, 0.2) is 5.96 Å². The first-order valence-corrected chi connectivity index (χ1v) is 10.3. The minimum atomic E-state index is -0.169. The second kappa shape index (κ2) is 11.6. The number of primary amides is 1. The number of piperidine rings is 1. The van der Waals surface area contributed by atoms with Crippen LogP contribution in [0.4, 0.5) is 0 Å². The Morgan fingerprint density at radius 1 is 1.25 bits per heavy atom. The molecule has 1 aromatic carbocycles. The quantitative estimate of drug-likeness (QED) is 0.292. The lowest BCUT2D eigenvalue weighted by atomic mass is 9.97. The van der Waals surface area contributed by atoms with Crippen molar-refractivity contribution in [2.24, 2.45) is 22.6 Å². The van der Waals surface area contributed by atoms with E-state index in [4.69, 9.17) is 10.7 Å². The van der Waals surface area contributed by atoms with Crippen LogP contribution in [0.15, 0.2) is 29.3 Å². The number of nitrogens with one attached hydrogen (secondary N) is 2. The smallest absolute Gasteiger partial charge is 0.221 e. The van der Waals surface area contributed by atoms with E-state index < -0.39 is 0 Å². The molecule has 4 N–H and O–H groups in total. The van der Waals surface area contributed by atoms with Gasteiger partial charge in [0, 0.05) is 26.2 Å². The fourth-order valence-corrected chi connectivity index (χ4v) is 3.59. The number of amides is 1. The fourth-order valence-electron chi connectivity index (χ4n) is 3.59. The maximum Gasteiger partial charge on any atom is 0.221 e. The summed E-state index contributed by atoms with van der Waals surface area (Å²) in [5, 5.41) is 6.75. The van der Waals surface area contributed by atoms with E-state index in [0.29, 0.717) is 6.54 Å². The SMILES string of the molecule is CCNC(=NCc1cccc(CN2CCCC(C(N)=O)C2)c1)NCC1CC1.I. The molecule has 2 fully saturated rings. The van der Waals surface area contributed by atoms with Gasteiger partial charge in [-0.05, 0) is 56.2 Å². The number of benzene rings is 1. The minimum absolute atomic E-state index is 0. The molecule has 3 rings (SSSR count). The summed E-state index contributed by atoms with van der Waals surface area (Å²) in [5.74, 6) is 1.55. The van der Waals surface area contributed by atoms with Crippen LogP contribution < -0.4 is 16.4 Å². The molecule has 1 heterocycles. The van der Waals surface area contributed by atoms with Crippen LogP contribution in [-0.2, 0) is 17.9 Å². The van der Waals surface area contributed by atoms with Crippen LogP contribution >= 0.6 is 24.0 Å². The number of nitrogens with zero attached hydrogens (tertiary/aromatic N) is 2. The molecule has 1 aliphatic heterocycles. The summed E-state index contributed by atoms with van der Waals surface area (Å²) >= 11 is 0. The van der Waals surface area contributed by atoms with Crippen molar-refractivity contribution in [1.29, 1.82) is 0 Å². The zero-order chi connectivity index (χ0) is 19.1. The topological polar surface area (TPSA) is 82.8 Å². The summed E-state index contributed by atoms with van der Waals surface area (Å²) in [6.07, 6.45) is 4.63. The molecule has 0 radical (unpaired) electrons. The molecule has 0 spiro atoms. The first kappa shape index (κ1) is 22.9. The van der Waals surface area contributed by atoms with E-state index in [9.17, 15) is 4.79 Å². The molecule has 1 saturated heterocycles. The van der Waals surface area contributed by atoms with Crippen LogP contribution in [0.3, 0.4) is 0 Å². The van der Waals surface area contributed by atoms with Crippen molar-refractivity contribution in [2.45, 2.75) is 45.7 Å². The van der Waals surface area contributed by atoms with Gasteiger partial charge in [-0.3, -0.25) is 9.69 Å². The summed E-state index contributed by atoms with van der Waals surface area (Å²) in [4.78, 5) is 18.5. The Morgan fingerprint density at radius 3 is 2.75 bits per heavy atom. The van der Waals surface area contributed by atoms with Crippen LogP contribution in [0.25, 0.3) is 0 Å². The van der Waals surface area contributed by atoms with Gasteiger partial charge in [0.25, 0.3) is 0 Å². The fraction of sp³-hybridized carbons (Fsp3) is 0.619. The Balaban J connectivity index is 0.00000280. The van der Waals surface area contributed by atoms with Gasteiger partial charge in [-0.25, -0.2) is 4.99 Å². The molecule has 1 unspecified atom stereocenters. The zero-order valence-corrected chi connectivity index (χ0v) is 19.2. The summed E-state index contributed by atoms with van der Waals surface area (Å²) in [6, 6.07) is 8.60. The number of hydrogen-bond acceptors (Lipinski definition) is 3. The van der Waals surface area contributed by atoms with E-state index in [2.05, 4.69) is 46.7 Å².